The second-order valence-electron chi connectivity index (χ2n) is 9.51. The third-order valence-electron chi connectivity index (χ3n) is 6.67. The summed E-state index contributed by atoms with van der Waals surface area (Å²) in [4.78, 5) is 12.4. The van der Waals surface area contributed by atoms with Crippen LogP contribution >= 0.6 is 0 Å². The highest BCUT2D eigenvalue weighted by Crippen LogP contribution is 2.26. The predicted octanol–water partition coefficient (Wildman–Crippen LogP) is 3.84. The molecule has 8 nitrogen and oxygen atoms in total. The minimum Gasteiger partial charge on any atom is -0.493 e. The van der Waals surface area contributed by atoms with Gasteiger partial charge in [-0.05, 0) is 56.7 Å². The lowest BCUT2D eigenvalue weighted by Gasteiger charge is -2.26. The summed E-state index contributed by atoms with van der Waals surface area (Å²) in [5, 5.41) is 11.7. The van der Waals surface area contributed by atoms with E-state index in [-0.39, 0.29) is 0 Å². The van der Waals surface area contributed by atoms with Crippen LogP contribution in [0.5, 0.6) is 5.75 Å². The van der Waals surface area contributed by atoms with Crippen LogP contribution in [0.25, 0.3) is 5.65 Å². The molecule has 2 bridgehead atoms. The average molecular weight is 450 g/mol. The van der Waals surface area contributed by atoms with Crippen molar-refractivity contribution >= 4 is 17.5 Å². The van der Waals surface area contributed by atoms with E-state index in [1.165, 1.54) is 6.42 Å². The summed E-state index contributed by atoms with van der Waals surface area (Å²) in [6.45, 7) is 9.83. The van der Waals surface area contributed by atoms with Crippen molar-refractivity contribution < 1.29 is 4.74 Å². The highest BCUT2D eigenvalue weighted by molar-refractivity contribution is 5.56. The smallest absolute Gasteiger partial charge is 0.230 e. The fraction of sp³-hybridized carbons (Fsp3) is 0.560. The zero-order valence-corrected chi connectivity index (χ0v) is 19.8. The summed E-state index contributed by atoms with van der Waals surface area (Å²) >= 11 is 0. The summed E-state index contributed by atoms with van der Waals surface area (Å²) < 4.78 is 7.98. The summed E-state index contributed by atoms with van der Waals surface area (Å²) in [6, 6.07) is 8.23. The molecule has 1 unspecified atom stereocenters. The Kier molecular flexibility index (Phi) is 6.62. The van der Waals surface area contributed by atoms with Crippen molar-refractivity contribution in [1.82, 2.24) is 24.9 Å². The second-order valence-corrected chi connectivity index (χ2v) is 9.51. The molecule has 33 heavy (non-hydrogen) atoms. The lowest BCUT2D eigenvalue weighted by atomic mass is 10.1. The van der Waals surface area contributed by atoms with Gasteiger partial charge in [-0.3, -0.25) is 0 Å². The largest absolute Gasteiger partial charge is 0.493 e. The zero-order chi connectivity index (χ0) is 22.6. The number of ether oxygens (including phenoxy) is 1. The number of nitrogens with one attached hydrogen (secondary N) is 2. The molecule has 2 aromatic heterocycles. The minimum absolute atomic E-state index is 0.338. The first-order chi connectivity index (χ1) is 16.2. The van der Waals surface area contributed by atoms with Gasteiger partial charge in [0.2, 0.25) is 11.9 Å². The van der Waals surface area contributed by atoms with Crippen molar-refractivity contribution in [3.63, 3.8) is 0 Å². The predicted molar refractivity (Wildman–Crippen MR) is 131 cm³/mol. The molecule has 1 fully saturated rings. The molecule has 0 aliphatic carbocycles. The summed E-state index contributed by atoms with van der Waals surface area (Å²) in [7, 11) is 0. The van der Waals surface area contributed by atoms with Crippen LogP contribution in [0.1, 0.15) is 56.6 Å². The summed E-state index contributed by atoms with van der Waals surface area (Å²) in [6.07, 6.45) is 6.40. The molecule has 2 aliphatic heterocycles. The molecule has 8 heteroatoms. The van der Waals surface area contributed by atoms with E-state index in [9.17, 15) is 0 Å². The van der Waals surface area contributed by atoms with Gasteiger partial charge in [0.25, 0.3) is 0 Å². The van der Waals surface area contributed by atoms with E-state index >= 15 is 0 Å². The van der Waals surface area contributed by atoms with Crippen LogP contribution in [-0.2, 0) is 6.54 Å². The fourth-order valence-electron chi connectivity index (χ4n) is 4.73. The van der Waals surface area contributed by atoms with Crippen LogP contribution in [0.3, 0.4) is 0 Å². The van der Waals surface area contributed by atoms with E-state index in [4.69, 9.17) is 14.7 Å². The van der Waals surface area contributed by atoms with Gasteiger partial charge in [-0.2, -0.15) is 19.6 Å². The van der Waals surface area contributed by atoms with Crippen LogP contribution in [0.15, 0.2) is 30.5 Å². The quantitative estimate of drug-likeness (QED) is 0.629. The van der Waals surface area contributed by atoms with Gasteiger partial charge < -0.3 is 20.3 Å². The molecule has 0 saturated carbocycles. The van der Waals surface area contributed by atoms with E-state index in [1.54, 1.807) is 0 Å². The van der Waals surface area contributed by atoms with Crippen molar-refractivity contribution in [3.05, 3.63) is 41.6 Å². The van der Waals surface area contributed by atoms with E-state index in [1.807, 2.05) is 22.8 Å². The Bertz CT molecular complexity index is 1070. The van der Waals surface area contributed by atoms with Crippen LogP contribution in [0, 0.1) is 5.92 Å². The molecule has 1 aromatic carbocycles. The molecule has 1 atom stereocenters. The number of benzene rings is 1. The molecular formula is C25H35N7O. The van der Waals surface area contributed by atoms with Gasteiger partial charge in [-0.1, -0.05) is 32.0 Å². The monoisotopic (exact) mass is 449 g/mol. The number of anilines is 2. The van der Waals surface area contributed by atoms with E-state index in [2.05, 4.69) is 46.6 Å². The number of fused-ring (bicyclic) bond motifs is 5. The number of aromatic nitrogens is 4. The third kappa shape index (κ3) is 4.90. The first-order valence-corrected chi connectivity index (χ1v) is 12.3. The molecule has 2 N–H and O–H groups in total. The Hall–Kier alpha value is -2.87. The Labute approximate surface area is 195 Å². The number of nitrogens with zero attached hydrogens (tertiary/aromatic N) is 5. The molecule has 3 aromatic rings. The van der Waals surface area contributed by atoms with Gasteiger partial charge in [0.05, 0.1) is 12.8 Å². The second kappa shape index (κ2) is 9.95. The van der Waals surface area contributed by atoms with Crippen molar-refractivity contribution in [2.75, 3.05) is 43.0 Å². The zero-order valence-electron chi connectivity index (χ0n) is 19.8. The number of rotatable bonds is 3. The normalized spacial score (nSPS) is 19.7. The Morgan fingerprint density at radius 2 is 2.06 bits per heavy atom. The molecule has 2 aliphatic rings. The molecule has 176 valence electrons. The molecule has 0 radical (unpaired) electrons. The number of hydrogen-bond acceptors (Lipinski definition) is 7. The average Bonchev–Trinajstić information content (AvgIpc) is 3.49. The maximum Gasteiger partial charge on any atom is 0.230 e. The SMILES string of the molecule is CC(C)c1cnn2c3nc(nc12)N(CC1CCNC1)CCCCCOc1ccccc1CN3. The third-order valence-corrected chi connectivity index (χ3v) is 6.67. The Morgan fingerprint density at radius 1 is 1.15 bits per heavy atom. The van der Waals surface area contributed by atoms with Gasteiger partial charge in [0, 0.05) is 30.8 Å². The molecule has 1 saturated heterocycles. The van der Waals surface area contributed by atoms with E-state index < -0.39 is 0 Å². The highest BCUT2D eigenvalue weighted by Gasteiger charge is 2.23. The molecular weight excluding hydrogens is 414 g/mol. The highest BCUT2D eigenvalue weighted by atomic mass is 16.5. The van der Waals surface area contributed by atoms with Gasteiger partial charge in [-0.15, -0.1) is 0 Å². The van der Waals surface area contributed by atoms with Gasteiger partial charge >= 0.3 is 0 Å². The molecule has 0 amide bonds. The Balaban J connectivity index is 1.55. The van der Waals surface area contributed by atoms with Crippen molar-refractivity contribution in [2.24, 2.45) is 5.92 Å². The van der Waals surface area contributed by atoms with Crippen molar-refractivity contribution in [2.45, 2.75) is 52.0 Å². The summed E-state index contributed by atoms with van der Waals surface area (Å²) in [5.74, 6) is 3.44. The first-order valence-electron chi connectivity index (χ1n) is 12.3. The van der Waals surface area contributed by atoms with Crippen LogP contribution in [-0.4, -0.2) is 52.4 Å². The van der Waals surface area contributed by atoms with Crippen LogP contribution in [0.4, 0.5) is 11.9 Å². The standard InChI is InChI=1S/C25H35N7O/c1-18(2)21-16-28-32-23(21)29-25-30-24(32)27-15-20-8-4-5-9-22(20)33-13-7-3-6-12-31(25)17-19-10-11-26-14-19/h4-5,8-9,16,18-19,26H,3,6-7,10-15,17H2,1-2H3,(H,27,29,30). The number of para-hydroxylation sites is 1. The molecule has 4 heterocycles. The lowest BCUT2D eigenvalue weighted by Crippen LogP contribution is -2.33. The van der Waals surface area contributed by atoms with Crippen LogP contribution < -0.4 is 20.3 Å². The van der Waals surface area contributed by atoms with Crippen molar-refractivity contribution in [3.8, 4) is 5.75 Å². The lowest BCUT2D eigenvalue weighted by molar-refractivity contribution is 0.302. The maximum atomic E-state index is 6.13. The molecule has 5 rings (SSSR count). The van der Waals surface area contributed by atoms with E-state index in [0.717, 1.165) is 86.5 Å². The van der Waals surface area contributed by atoms with Gasteiger partial charge in [0.15, 0.2) is 5.65 Å². The van der Waals surface area contributed by atoms with Gasteiger partial charge in [-0.25, -0.2) is 0 Å². The minimum atomic E-state index is 0.338. The van der Waals surface area contributed by atoms with E-state index in [0.29, 0.717) is 18.4 Å². The van der Waals surface area contributed by atoms with Crippen LogP contribution in [0.2, 0.25) is 0 Å². The first kappa shape index (κ1) is 21.9. The number of hydrogen-bond donors (Lipinski definition) is 2. The van der Waals surface area contributed by atoms with Crippen molar-refractivity contribution in [1.29, 1.82) is 0 Å². The summed E-state index contributed by atoms with van der Waals surface area (Å²) in [5.41, 5.74) is 3.16. The maximum absolute atomic E-state index is 6.13. The Morgan fingerprint density at radius 3 is 2.91 bits per heavy atom. The molecule has 0 spiro atoms. The topological polar surface area (TPSA) is 79.6 Å². The van der Waals surface area contributed by atoms with Gasteiger partial charge in [0.1, 0.15) is 5.75 Å². The fourth-order valence-corrected chi connectivity index (χ4v) is 4.73.